The number of benzene rings is 1. The summed E-state index contributed by atoms with van der Waals surface area (Å²) in [5.74, 6) is 2.74. The number of amides is 1. The quantitative estimate of drug-likeness (QED) is 0.545. The Morgan fingerprint density at radius 3 is 2.55 bits per heavy atom. The molecule has 2 aromatic rings. The van der Waals surface area contributed by atoms with Crippen LogP contribution >= 0.6 is 0 Å². The molecule has 0 radical (unpaired) electrons. The van der Waals surface area contributed by atoms with Gasteiger partial charge in [0.25, 0.3) is 5.91 Å². The second-order valence-electron chi connectivity index (χ2n) is 7.01. The van der Waals surface area contributed by atoms with Gasteiger partial charge in [0, 0.05) is 34.5 Å². The third-order valence-corrected chi connectivity index (χ3v) is 4.63. The standard InChI is InChI=1S/C22H18N2O5/c1-22(2)16-10-13(5-6-14-4-3-9-23-11-14)7-8-15(16)19(27)18(20(22)28)21(29)24-12-17(25)26/h3-4,7-11,28H,12H2,1-2H3,(H,24,29)(H,25,26). The zero-order valence-corrected chi connectivity index (χ0v) is 15.8. The lowest BCUT2D eigenvalue weighted by molar-refractivity contribution is -0.137. The summed E-state index contributed by atoms with van der Waals surface area (Å²) in [6.07, 6.45) is 3.28. The summed E-state index contributed by atoms with van der Waals surface area (Å²) in [4.78, 5) is 39.8. The maximum absolute atomic E-state index is 12.8. The van der Waals surface area contributed by atoms with Gasteiger partial charge in [-0.1, -0.05) is 11.8 Å². The number of aromatic nitrogens is 1. The molecule has 146 valence electrons. The van der Waals surface area contributed by atoms with E-state index >= 15 is 0 Å². The number of nitrogens with zero attached hydrogens (tertiary/aromatic N) is 1. The first-order valence-corrected chi connectivity index (χ1v) is 8.77. The smallest absolute Gasteiger partial charge is 0.322 e. The molecule has 1 aliphatic carbocycles. The third-order valence-electron chi connectivity index (χ3n) is 4.63. The maximum Gasteiger partial charge on any atom is 0.322 e. The predicted molar refractivity (Wildman–Crippen MR) is 104 cm³/mol. The number of aliphatic hydroxyl groups is 1. The number of rotatable bonds is 3. The van der Waals surface area contributed by atoms with Gasteiger partial charge < -0.3 is 15.5 Å². The highest BCUT2D eigenvalue weighted by Gasteiger charge is 2.41. The van der Waals surface area contributed by atoms with E-state index in [2.05, 4.69) is 22.1 Å². The van der Waals surface area contributed by atoms with Gasteiger partial charge in [0.15, 0.2) is 0 Å². The van der Waals surface area contributed by atoms with Gasteiger partial charge in [0.2, 0.25) is 5.78 Å². The number of hydrogen-bond donors (Lipinski definition) is 3. The number of fused-ring (bicyclic) bond motifs is 1. The summed E-state index contributed by atoms with van der Waals surface area (Å²) in [6.45, 7) is 2.70. The van der Waals surface area contributed by atoms with Crippen LogP contribution in [-0.4, -0.2) is 39.4 Å². The number of pyridine rings is 1. The molecule has 0 unspecified atom stereocenters. The highest BCUT2D eigenvalue weighted by Crippen LogP contribution is 2.40. The summed E-state index contributed by atoms with van der Waals surface area (Å²) in [7, 11) is 0. The van der Waals surface area contributed by atoms with E-state index in [0.29, 0.717) is 11.1 Å². The molecule has 0 spiro atoms. The van der Waals surface area contributed by atoms with Gasteiger partial charge in [-0.3, -0.25) is 19.4 Å². The fourth-order valence-corrected chi connectivity index (χ4v) is 3.06. The van der Waals surface area contributed by atoms with E-state index in [1.54, 1.807) is 50.5 Å². The molecule has 0 saturated heterocycles. The van der Waals surface area contributed by atoms with E-state index in [9.17, 15) is 19.5 Å². The van der Waals surface area contributed by atoms with Crippen molar-refractivity contribution in [3.05, 3.63) is 76.3 Å². The molecule has 0 bridgehead atoms. The van der Waals surface area contributed by atoms with E-state index in [1.807, 2.05) is 6.07 Å². The first-order valence-electron chi connectivity index (χ1n) is 8.77. The van der Waals surface area contributed by atoms with Crippen LogP contribution in [-0.2, 0) is 15.0 Å². The van der Waals surface area contributed by atoms with Crippen molar-refractivity contribution in [1.82, 2.24) is 10.3 Å². The molecule has 7 nitrogen and oxygen atoms in total. The lowest BCUT2D eigenvalue weighted by Gasteiger charge is -2.32. The average Bonchev–Trinajstić information content (AvgIpc) is 2.70. The van der Waals surface area contributed by atoms with Crippen LogP contribution in [0.3, 0.4) is 0 Å². The lowest BCUT2D eigenvalue weighted by Crippen LogP contribution is -2.39. The highest BCUT2D eigenvalue weighted by atomic mass is 16.4. The van der Waals surface area contributed by atoms with Crippen LogP contribution in [0.1, 0.15) is 40.9 Å². The topological polar surface area (TPSA) is 117 Å². The Morgan fingerprint density at radius 1 is 1.17 bits per heavy atom. The van der Waals surface area contributed by atoms with E-state index in [-0.39, 0.29) is 5.56 Å². The first kappa shape index (κ1) is 19.8. The van der Waals surface area contributed by atoms with Crippen molar-refractivity contribution in [3.8, 4) is 11.8 Å². The number of allylic oxidation sites excluding steroid dienone is 1. The van der Waals surface area contributed by atoms with E-state index < -0.39 is 41.0 Å². The van der Waals surface area contributed by atoms with Crippen LogP contribution in [0.5, 0.6) is 0 Å². The van der Waals surface area contributed by atoms with Gasteiger partial charge in [-0.25, -0.2) is 0 Å². The normalized spacial score (nSPS) is 14.5. The fraction of sp³-hybridized carbons (Fsp3) is 0.182. The second-order valence-corrected chi connectivity index (χ2v) is 7.01. The summed E-state index contributed by atoms with van der Waals surface area (Å²) >= 11 is 0. The number of carboxylic acids is 1. The van der Waals surface area contributed by atoms with Crippen molar-refractivity contribution in [3.63, 3.8) is 0 Å². The van der Waals surface area contributed by atoms with E-state index in [4.69, 9.17) is 5.11 Å². The van der Waals surface area contributed by atoms with Gasteiger partial charge >= 0.3 is 5.97 Å². The predicted octanol–water partition coefficient (Wildman–Crippen LogP) is 1.97. The molecule has 0 atom stereocenters. The molecule has 0 fully saturated rings. The minimum absolute atomic E-state index is 0.264. The SMILES string of the molecule is CC1(C)C(O)=C(C(=O)NCC(=O)O)C(=O)c2ccc(C#Cc3cccnc3)cc21. The zero-order valence-electron chi connectivity index (χ0n) is 15.8. The van der Waals surface area contributed by atoms with Gasteiger partial charge in [0.05, 0.1) is 0 Å². The Morgan fingerprint density at radius 2 is 1.90 bits per heavy atom. The number of aliphatic hydroxyl groups excluding tert-OH is 1. The number of hydrogen-bond acceptors (Lipinski definition) is 5. The summed E-state index contributed by atoms with van der Waals surface area (Å²) in [5.41, 5.74) is 0.692. The number of ketones is 1. The largest absolute Gasteiger partial charge is 0.510 e. The number of aliphatic carboxylic acids is 1. The van der Waals surface area contributed by atoms with Crippen LogP contribution in [0.15, 0.2) is 54.1 Å². The molecular formula is C22H18N2O5. The molecule has 0 saturated carbocycles. The van der Waals surface area contributed by atoms with Crippen molar-refractivity contribution in [1.29, 1.82) is 0 Å². The zero-order chi connectivity index (χ0) is 21.2. The molecule has 3 rings (SSSR count). The van der Waals surface area contributed by atoms with Crippen molar-refractivity contribution < 1.29 is 24.6 Å². The Kier molecular flexibility index (Phi) is 5.20. The molecule has 0 aliphatic heterocycles. The number of nitrogens with one attached hydrogen (secondary N) is 1. The molecule has 1 heterocycles. The molecule has 29 heavy (non-hydrogen) atoms. The maximum atomic E-state index is 12.8. The van der Waals surface area contributed by atoms with Crippen molar-refractivity contribution >= 4 is 17.7 Å². The van der Waals surface area contributed by atoms with E-state index in [1.165, 1.54) is 0 Å². The van der Waals surface area contributed by atoms with Crippen molar-refractivity contribution in [2.24, 2.45) is 0 Å². The number of Topliss-reactive ketones (excluding diaryl/α,β-unsaturated/α-hetero) is 1. The second kappa shape index (κ2) is 7.60. The number of carbonyl (C=O) groups excluding carboxylic acids is 2. The summed E-state index contributed by atoms with van der Waals surface area (Å²) < 4.78 is 0. The average molecular weight is 390 g/mol. The van der Waals surface area contributed by atoms with Gasteiger partial charge in [-0.15, -0.1) is 0 Å². The molecule has 1 aromatic carbocycles. The molecular weight excluding hydrogens is 372 g/mol. The Bertz CT molecular complexity index is 1110. The van der Waals surface area contributed by atoms with Crippen molar-refractivity contribution in [2.45, 2.75) is 19.3 Å². The highest BCUT2D eigenvalue weighted by molar-refractivity contribution is 6.27. The van der Waals surface area contributed by atoms with Crippen molar-refractivity contribution in [2.75, 3.05) is 6.54 Å². The molecule has 3 N–H and O–H groups in total. The molecule has 1 amide bonds. The van der Waals surface area contributed by atoms with Crippen LogP contribution in [0.4, 0.5) is 0 Å². The van der Waals surface area contributed by atoms with Crippen LogP contribution in [0, 0.1) is 11.8 Å². The van der Waals surface area contributed by atoms with Crippen LogP contribution < -0.4 is 5.32 Å². The van der Waals surface area contributed by atoms with Gasteiger partial charge in [-0.05, 0) is 49.7 Å². The Hall–Kier alpha value is -3.92. The minimum Gasteiger partial charge on any atom is -0.510 e. The van der Waals surface area contributed by atoms with Crippen LogP contribution in [0.2, 0.25) is 0 Å². The Balaban J connectivity index is 2.00. The lowest BCUT2D eigenvalue weighted by atomic mass is 9.71. The summed E-state index contributed by atoms with van der Waals surface area (Å²) in [5, 5.41) is 21.5. The van der Waals surface area contributed by atoms with E-state index in [0.717, 1.165) is 5.56 Å². The number of carboxylic acid groups (broad SMARTS) is 1. The fourth-order valence-electron chi connectivity index (χ4n) is 3.06. The van der Waals surface area contributed by atoms with Gasteiger partial charge in [-0.2, -0.15) is 0 Å². The Labute approximate surface area is 167 Å². The van der Waals surface area contributed by atoms with Crippen LogP contribution in [0.25, 0.3) is 0 Å². The molecule has 7 heteroatoms. The molecule has 1 aliphatic rings. The third kappa shape index (κ3) is 3.87. The van der Waals surface area contributed by atoms with Gasteiger partial charge in [0.1, 0.15) is 17.9 Å². The monoisotopic (exact) mass is 390 g/mol. The molecule has 1 aromatic heterocycles. The number of carbonyl (C=O) groups is 3. The minimum atomic E-state index is -1.25. The first-order chi connectivity index (χ1) is 13.7. The summed E-state index contributed by atoms with van der Waals surface area (Å²) in [6, 6.07) is 8.52.